The van der Waals surface area contributed by atoms with E-state index in [0.717, 1.165) is 41.6 Å². The maximum absolute atomic E-state index is 12.2. The van der Waals surface area contributed by atoms with Gasteiger partial charge in [-0.1, -0.05) is 78.9 Å². The van der Waals surface area contributed by atoms with E-state index in [-0.39, 0.29) is 12.8 Å². The molecule has 0 aliphatic carbocycles. The van der Waals surface area contributed by atoms with Gasteiger partial charge in [0.1, 0.15) is 11.8 Å². The molecule has 1 heterocycles. The van der Waals surface area contributed by atoms with Crippen LogP contribution in [0.4, 0.5) is 0 Å². The number of hydrogen-bond acceptors (Lipinski definition) is 7. The highest BCUT2D eigenvalue weighted by atomic mass is 16.5. The smallest absolute Gasteiger partial charge is 0.328 e. The fourth-order valence-corrected chi connectivity index (χ4v) is 4.72. The van der Waals surface area contributed by atoms with Crippen molar-refractivity contribution in [2.75, 3.05) is 13.2 Å². The lowest BCUT2D eigenvalue weighted by Crippen LogP contribution is -2.50. The molecule has 0 bridgehead atoms. The third-order valence-electron chi connectivity index (χ3n) is 7.12. The molecule has 0 radical (unpaired) electrons. The average Bonchev–Trinajstić information content (AvgIpc) is 3.06. The van der Waals surface area contributed by atoms with Crippen LogP contribution in [0.3, 0.4) is 0 Å². The summed E-state index contributed by atoms with van der Waals surface area (Å²) in [5, 5.41) is 19.1. The number of hydrazine groups is 1. The summed E-state index contributed by atoms with van der Waals surface area (Å²) in [6.07, 6.45) is 1.44. The number of nitrogens with zero attached hydrogens (tertiary/aromatic N) is 2. The summed E-state index contributed by atoms with van der Waals surface area (Å²) in [5.41, 5.74) is 4.54. The Morgan fingerprint density at radius 3 is 2.02 bits per heavy atom. The van der Waals surface area contributed by atoms with Crippen molar-refractivity contribution in [3.05, 3.63) is 103 Å². The second kappa shape index (κ2) is 16.6. The van der Waals surface area contributed by atoms with Crippen molar-refractivity contribution in [2.24, 2.45) is 5.84 Å². The number of nitrogens with two attached hydrogens (primary N) is 1. The molecule has 1 atom stereocenters. The Morgan fingerprint density at radius 1 is 0.733 bits per heavy atom. The number of carbonyl (C=O) groups excluding carboxylic acids is 1. The lowest BCUT2D eigenvalue weighted by atomic mass is 10.0. The molecule has 10 nitrogen and oxygen atoms in total. The van der Waals surface area contributed by atoms with Gasteiger partial charge in [0.05, 0.1) is 25.3 Å². The molecular formula is C35H37N3O7. The van der Waals surface area contributed by atoms with Crippen LogP contribution in [0.5, 0.6) is 11.6 Å². The van der Waals surface area contributed by atoms with Gasteiger partial charge in [-0.3, -0.25) is 14.6 Å². The summed E-state index contributed by atoms with van der Waals surface area (Å²) in [5.74, 6) is 3.62. The van der Waals surface area contributed by atoms with E-state index in [1.54, 1.807) is 24.3 Å². The number of benzene rings is 3. The first-order valence-corrected chi connectivity index (χ1v) is 14.8. The molecule has 0 saturated heterocycles. The summed E-state index contributed by atoms with van der Waals surface area (Å²) in [7, 11) is 0. The van der Waals surface area contributed by atoms with E-state index in [4.69, 9.17) is 25.4 Å². The van der Waals surface area contributed by atoms with E-state index < -0.39 is 30.3 Å². The monoisotopic (exact) mass is 611 g/mol. The molecule has 1 amide bonds. The Kier molecular flexibility index (Phi) is 12.0. The zero-order valence-corrected chi connectivity index (χ0v) is 24.9. The average molecular weight is 612 g/mol. The molecule has 0 spiro atoms. The van der Waals surface area contributed by atoms with Crippen molar-refractivity contribution in [2.45, 2.75) is 44.6 Å². The van der Waals surface area contributed by atoms with Crippen molar-refractivity contribution in [1.29, 1.82) is 0 Å². The van der Waals surface area contributed by atoms with Crippen LogP contribution >= 0.6 is 0 Å². The van der Waals surface area contributed by atoms with Crippen LogP contribution in [0.25, 0.3) is 22.4 Å². The van der Waals surface area contributed by atoms with Crippen molar-refractivity contribution in [1.82, 2.24) is 9.99 Å². The molecule has 4 rings (SSSR count). The number of ether oxygens (including phenoxy) is 2. The first kappa shape index (κ1) is 32.7. The zero-order chi connectivity index (χ0) is 32.0. The molecule has 0 aliphatic heterocycles. The van der Waals surface area contributed by atoms with Gasteiger partial charge in [-0.15, -0.1) is 0 Å². The van der Waals surface area contributed by atoms with Crippen molar-refractivity contribution >= 4 is 17.8 Å². The normalized spacial score (nSPS) is 11.4. The highest BCUT2D eigenvalue weighted by molar-refractivity contribution is 5.85. The Hall–Kier alpha value is -5.22. The van der Waals surface area contributed by atoms with Gasteiger partial charge >= 0.3 is 11.9 Å². The molecule has 1 unspecified atom stereocenters. The van der Waals surface area contributed by atoms with Gasteiger partial charge in [0.25, 0.3) is 0 Å². The zero-order valence-electron chi connectivity index (χ0n) is 24.9. The highest BCUT2D eigenvalue weighted by Gasteiger charge is 2.29. The first-order valence-electron chi connectivity index (χ1n) is 14.8. The predicted molar refractivity (Wildman–Crippen MR) is 169 cm³/mol. The number of hydrogen-bond donors (Lipinski definition) is 3. The summed E-state index contributed by atoms with van der Waals surface area (Å²) in [6, 6.07) is 29.7. The number of aromatic nitrogens is 1. The van der Waals surface area contributed by atoms with Crippen LogP contribution in [0.1, 0.15) is 37.7 Å². The molecule has 10 heteroatoms. The van der Waals surface area contributed by atoms with E-state index in [2.05, 4.69) is 18.2 Å². The van der Waals surface area contributed by atoms with Crippen molar-refractivity contribution in [3.8, 4) is 34.0 Å². The third kappa shape index (κ3) is 9.90. The van der Waals surface area contributed by atoms with Crippen molar-refractivity contribution < 1.29 is 34.1 Å². The molecular weight excluding hydrogens is 574 g/mol. The van der Waals surface area contributed by atoms with E-state index in [1.807, 2.05) is 54.6 Å². The van der Waals surface area contributed by atoms with Crippen molar-refractivity contribution in [3.63, 3.8) is 0 Å². The summed E-state index contributed by atoms with van der Waals surface area (Å²) in [6.45, 7) is 0.886. The predicted octanol–water partition coefficient (Wildman–Crippen LogP) is 5.61. The first-order chi connectivity index (χ1) is 21.8. The molecule has 1 aromatic heterocycles. The van der Waals surface area contributed by atoms with Gasteiger partial charge in [-0.2, -0.15) is 0 Å². The van der Waals surface area contributed by atoms with Crippen LogP contribution < -0.4 is 15.3 Å². The van der Waals surface area contributed by atoms with Gasteiger partial charge in [0, 0.05) is 24.5 Å². The second-order valence-electron chi connectivity index (χ2n) is 10.4. The van der Waals surface area contributed by atoms with E-state index in [1.165, 1.54) is 0 Å². The van der Waals surface area contributed by atoms with Crippen LogP contribution in [0, 0.1) is 0 Å². The van der Waals surface area contributed by atoms with E-state index >= 15 is 0 Å². The lowest BCUT2D eigenvalue weighted by molar-refractivity contribution is -0.151. The van der Waals surface area contributed by atoms with Crippen LogP contribution in [0.2, 0.25) is 0 Å². The Morgan fingerprint density at radius 2 is 1.36 bits per heavy atom. The number of carboxylic acid groups (broad SMARTS) is 2. The highest BCUT2D eigenvalue weighted by Crippen LogP contribution is 2.29. The summed E-state index contributed by atoms with van der Waals surface area (Å²) < 4.78 is 12.0. The van der Waals surface area contributed by atoms with E-state index in [0.29, 0.717) is 35.4 Å². The minimum Gasteiger partial charge on any atom is -0.493 e. The van der Waals surface area contributed by atoms with Gasteiger partial charge in [0.2, 0.25) is 11.8 Å². The molecule has 0 aliphatic rings. The van der Waals surface area contributed by atoms with Gasteiger partial charge < -0.3 is 19.7 Å². The number of unbranched alkanes of at least 4 members (excludes halogenated alkanes) is 2. The Balaban J connectivity index is 1.28. The fraction of sp³-hybridized carbons (Fsp3) is 0.257. The SMILES string of the molecule is NN(C(=O)CCC(=O)O)C(Cc1ccccc1OCCCCCOc1cc(-c2ccccc2)cc(-c2ccccc2)n1)C(=O)O. The summed E-state index contributed by atoms with van der Waals surface area (Å²) >= 11 is 0. The topological polar surface area (TPSA) is 152 Å². The van der Waals surface area contributed by atoms with Crippen LogP contribution in [-0.4, -0.2) is 57.3 Å². The lowest BCUT2D eigenvalue weighted by Gasteiger charge is -2.25. The van der Waals surface area contributed by atoms with E-state index in [9.17, 15) is 19.5 Å². The number of aliphatic carboxylic acids is 2. The minimum absolute atomic E-state index is 0.0886. The molecule has 4 N–H and O–H groups in total. The number of carbonyl (C=O) groups is 3. The molecule has 234 valence electrons. The Bertz CT molecular complexity index is 1510. The number of para-hydroxylation sites is 1. The standard InChI is InChI=1S/C35H37N3O7/c36-38(33(39)18-19-34(40)41)30(35(42)43)23-27-16-8-9-17-31(27)44-20-10-3-11-21-45-32-24-28(25-12-4-1-5-13-25)22-29(37-32)26-14-6-2-7-15-26/h1-2,4-9,12-17,22,24,30H,3,10-11,18-21,23,36H2,(H,40,41)(H,42,43). The quantitative estimate of drug-likeness (QED) is 0.0599. The Labute approximate surface area is 262 Å². The van der Waals surface area contributed by atoms with Crippen LogP contribution in [-0.2, 0) is 20.8 Å². The number of pyridine rings is 1. The maximum atomic E-state index is 12.2. The number of rotatable bonds is 17. The van der Waals surface area contributed by atoms with Gasteiger partial charge in [-0.25, -0.2) is 15.6 Å². The number of carboxylic acids is 2. The molecule has 0 fully saturated rings. The summed E-state index contributed by atoms with van der Waals surface area (Å²) in [4.78, 5) is 39.7. The van der Waals surface area contributed by atoms with Gasteiger partial charge in [0.15, 0.2) is 0 Å². The van der Waals surface area contributed by atoms with Gasteiger partial charge in [-0.05, 0) is 48.1 Å². The maximum Gasteiger partial charge on any atom is 0.328 e. The fourth-order valence-electron chi connectivity index (χ4n) is 4.72. The molecule has 45 heavy (non-hydrogen) atoms. The minimum atomic E-state index is -1.37. The third-order valence-corrected chi connectivity index (χ3v) is 7.12. The second-order valence-corrected chi connectivity index (χ2v) is 10.4. The molecule has 0 saturated carbocycles. The molecule has 4 aromatic rings. The van der Waals surface area contributed by atoms with Crippen LogP contribution in [0.15, 0.2) is 97.1 Å². The molecule has 3 aromatic carbocycles. The largest absolute Gasteiger partial charge is 0.493 e. The number of amides is 1.